The van der Waals surface area contributed by atoms with E-state index in [1.54, 1.807) is 24.3 Å². The van der Waals surface area contributed by atoms with Crippen molar-refractivity contribution in [1.82, 2.24) is 0 Å². The van der Waals surface area contributed by atoms with Crippen molar-refractivity contribution < 1.29 is 11.9 Å². The van der Waals surface area contributed by atoms with Crippen molar-refractivity contribution in [2.75, 3.05) is 0 Å². The summed E-state index contributed by atoms with van der Waals surface area (Å²) in [6, 6.07) is 18.3. The first-order valence-electron chi connectivity index (χ1n) is 4.61. The summed E-state index contributed by atoms with van der Waals surface area (Å²) in [5.74, 6) is 0.627. The summed E-state index contributed by atoms with van der Waals surface area (Å²) >= 11 is 0. The molecule has 0 spiro atoms. The number of benzene rings is 2. The van der Waals surface area contributed by atoms with Crippen LogP contribution in [-0.2, 0) is 4.57 Å². The summed E-state index contributed by atoms with van der Waals surface area (Å²) in [5.41, 5.74) is 0. The third-order valence-corrected chi connectivity index (χ3v) is 2.99. The molecule has 0 aliphatic heterocycles. The van der Waals surface area contributed by atoms with Gasteiger partial charge in [-0.2, -0.15) is 0 Å². The van der Waals surface area contributed by atoms with E-state index in [0.29, 0.717) is 11.1 Å². The predicted octanol–water partition coefficient (Wildman–Crippen LogP) is 2.98. The van der Waals surface area contributed by atoms with E-state index < -0.39 is 8.03 Å². The van der Waals surface area contributed by atoms with E-state index in [9.17, 15) is 4.57 Å². The molecule has 16 heavy (non-hydrogen) atoms. The van der Waals surface area contributed by atoms with Crippen LogP contribution in [0.15, 0.2) is 60.7 Å². The second kappa shape index (κ2) is 7.03. The van der Waals surface area contributed by atoms with Crippen LogP contribution in [0.2, 0.25) is 0 Å². The first-order chi connectivity index (χ1) is 7.36. The van der Waals surface area contributed by atoms with Crippen LogP contribution < -0.4 is 9.83 Å². The maximum Gasteiger partial charge on any atom is 2.00 e. The molecule has 4 heteroatoms. The largest absolute Gasteiger partial charge is 2.00 e. The Kier molecular flexibility index (Phi) is 6.00. The smallest absolute Gasteiger partial charge is 1.00 e. The van der Waals surface area contributed by atoms with E-state index in [2.05, 4.69) is 0 Å². The first kappa shape index (κ1) is 13.7. The van der Waals surface area contributed by atoms with Crippen molar-refractivity contribution in [3.05, 3.63) is 60.7 Å². The summed E-state index contributed by atoms with van der Waals surface area (Å²) in [6.45, 7) is 0. The van der Waals surface area contributed by atoms with E-state index in [-0.39, 0.29) is 40.6 Å². The quantitative estimate of drug-likeness (QED) is 0.625. The third kappa shape index (κ3) is 3.88. The molecule has 0 aromatic heterocycles. The van der Waals surface area contributed by atoms with Crippen LogP contribution in [-0.4, -0.2) is 37.7 Å². The Morgan fingerprint density at radius 1 is 0.875 bits per heavy atom. The van der Waals surface area contributed by atoms with Gasteiger partial charge in [0.15, 0.2) is 5.75 Å². The molecule has 0 aliphatic rings. The van der Waals surface area contributed by atoms with Gasteiger partial charge >= 0.3 is 45.8 Å². The van der Waals surface area contributed by atoms with Gasteiger partial charge in [-0.15, -0.1) is 0 Å². The van der Waals surface area contributed by atoms with Crippen LogP contribution in [0.1, 0.15) is 2.85 Å². The Labute approximate surface area is 128 Å². The molecule has 2 aromatic rings. The first-order valence-corrected chi connectivity index (χ1v) is 5.79. The third-order valence-electron chi connectivity index (χ3n) is 1.90. The fourth-order valence-electron chi connectivity index (χ4n) is 1.18. The Morgan fingerprint density at radius 3 is 1.94 bits per heavy atom. The van der Waals surface area contributed by atoms with Crippen molar-refractivity contribution >= 4 is 51.1 Å². The Bertz CT molecular complexity index is 454. The van der Waals surface area contributed by atoms with E-state index >= 15 is 0 Å². The second-order valence-electron chi connectivity index (χ2n) is 3.00. The molecular weight excluding hydrogens is 247 g/mol. The van der Waals surface area contributed by atoms with Gasteiger partial charge in [0.1, 0.15) is 0 Å². The van der Waals surface area contributed by atoms with Crippen LogP contribution in [0, 0.1) is 0 Å². The monoisotopic (exact) mass is 259 g/mol. The molecule has 0 amide bonds. The molecule has 1 atom stereocenters. The molecule has 0 aliphatic carbocycles. The van der Waals surface area contributed by atoms with Gasteiger partial charge in [0.05, 0.1) is 0 Å². The van der Waals surface area contributed by atoms with Gasteiger partial charge in [-0.05, 0) is 28.8 Å². The Morgan fingerprint density at radius 2 is 1.38 bits per heavy atom. The Hall–Kier alpha value is -0.400. The molecule has 2 rings (SSSR count). The van der Waals surface area contributed by atoms with Gasteiger partial charge < -0.3 is 2.85 Å². The summed E-state index contributed by atoms with van der Waals surface area (Å²) < 4.78 is 17.0. The van der Waals surface area contributed by atoms with Crippen LogP contribution in [0.25, 0.3) is 0 Å². The van der Waals surface area contributed by atoms with Gasteiger partial charge in [-0.25, -0.2) is 0 Å². The second-order valence-corrected chi connectivity index (χ2v) is 4.21. The molecule has 0 saturated carbocycles. The van der Waals surface area contributed by atoms with Gasteiger partial charge in [0.2, 0.25) is 5.30 Å². The minimum Gasteiger partial charge on any atom is -1.00 e. The maximum atomic E-state index is 11.7. The van der Waals surface area contributed by atoms with Crippen molar-refractivity contribution in [2.24, 2.45) is 0 Å². The van der Waals surface area contributed by atoms with Crippen LogP contribution >= 0.6 is 8.03 Å². The van der Waals surface area contributed by atoms with E-state index in [0.717, 1.165) is 0 Å². The summed E-state index contributed by atoms with van der Waals surface area (Å²) in [7, 11) is -1.80. The molecule has 0 saturated heterocycles. The Balaban J connectivity index is 0. The van der Waals surface area contributed by atoms with Crippen molar-refractivity contribution in [3.8, 4) is 5.75 Å². The molecule has 0 radical (unpaired) electrons. The standard InChI is InChI=1S/C12H10O2P.Ca.2H/c13-15(12-9-5-2-6-10-12)14-11-7-3-1-4-8-11;;;/h1-10H;;;/q+1;+2;2*-1. The number of para-hydroxylation sites is 1. The van der Waals surface area contributed by atoms with Crippen LogP contribution in [0.3, 0.4) is 0 Å². The van der Waals surface area contributed by atoms with Gasteiger partial charge in [0.25, 0.3) is 0 Å². The number of hydrogen-bond donors (Lipinski definition) is 0. The molecule has 0 bridgehead atoms. The average Bonchev–Trinajstić information content (AvgIpc) is 2.31. The zero-order valence-electron chi connectivity index (χ0n) is 10.7. The normalized spacial score (nSPS) is 10.1. The molecule has 0 N–H and O–H groups in total. The fourth-order valence-corrected chi connectivity index (χ4v) is 2.01. The van der Waals surface area contributed by atoms with Crippen molar-refractivity contribution in [3.63, 3.8) is 0 Å². The van der Waals surface area contributed by atoms with Crippen LogP contribution in [0.4, 0.5) is 0 Å². The number of hydrogen-bond acceptors (Lipinski definition) is 2. The SMILES string of the molecule is O=[P+](Oc1ccccc1)c1ccccc1.[Ca+2].[H-].[H-]. The van der Waals surface area contributed by atoms with E-state index in [1.165, 1.54) is 0 Å². The van der Waals surface area contributed by atoms with Gasteiger partial charge in [0, 0.05) is 0 Å². The van der Waals surface area contributed by atoms with Crippen molar-refractivity contribution in [1.29, 1.82) is 0 Å². The topological polar surface area (TPSA) is 26.3 Å². The molecule has 78 valence electrons. The molecular formula is C12H12CaO2P+. The van der Waals surface area contributed by atoms with Gasteiger partial charge in [-0.1, -0.05) is 36.4 Å². The van der Waals surface area contributed by atoms with Gasteiger partial charge in [-0.3, -0.25) is 4.52 Å². The fraction of sp³-hybridized carbons (Fsp3) is 0. The maximum absolute atomic E-state index is 11.7. The average molecular weight is 259 g/mol. The van der Waals surface area contributed by atoms with Crippen molar-refractivity contribution in [2.45, 2.75) is 0 Å². The molecule has 2 nitrogen and oxygen atoms in total. The zero-order valence-corrected chi connectivity index (χ0v) is 11.8. The zero-order chi connectivity index (χ0) is 10.5. The minimum absolute atomic E-state index is 0. The minimum atomic E-state index is -1.80. The molecule has 0 heterocycles. The predicted molar refractivity (Wildman–Crippen MR) is 68.7 cm³/mol. The molecule has 1 unspecified atom stereocenters. The van der Waals surface area contributed by atoms with E-state index in [1.807, 2.05) is 36.4 Å². The molecule has 2 aromatic carbocycles. The molecule has 0 fully saturated rings. The van der Waals surface area contributed by atoms with E-state index in [4.69, 9.17) is 4.52 Å². The number of rotatable bonds is 3. The summed E-state index contributed by atoms with van der Waals surface area (Å²) in [5, 5.41) is 0.705. The van der Waals surface area contributed by atoms with Crippen LogP contribution in [0.5, 0.6) is 5.75 Å². The summed E-state index contributed by atoms with van der Waals surface area (Å²) in [4.78, 5) is 0. The summed E-state index contributed by atoms with van der Waals surface area (Å²) in [6.07, 6.45) is 0.